The van der Waals surface area contributed by atoms with Crippen LogP contribution in [0.2, 0.25) is 18.1 Å². The molecule has 100 valence electrons. The van der Waals surface area contributed by atoms with Gasteiger partial charge in [0.25, 0.3) is 0 Å². The summed E-state index contributed by atoms with van der Waals surface area (Å²) in [6.07, 6.45) is 3.64. The van der Waals surface area contributed by atoms with Crippen molar-refractivity contribution in [2.75, 3.05) is 6.61 Å². The molecule has 0 aromatic carbocycles. The molecular weight excluding hydrogens is 232 g/mol. The zero-order valence-electron chi connectivity index (χ0n) is 11.9. The predicted molar refractivity (Wildman–Crippen MR) is 73.7 cm³/mol. The van der Waals surface area contributed by atoms with E-state index in [4.69, 9.17) is 9.53 Å². The highest BCUT2D eigenvalue weighted by atomic mass is 28.4. The largest absolute Gasteiger partial charge is 0.478 e. The van der Waals surface area contributed by atoms with Gasteiger partial charge in [-0.15, -0.1) is 0 Å². The maximum Gasteiger partial charge on any atom is 0.327 e. The predicted octanol–water partition coefficient (Wildman–Crippen LogP) is 3.68. The Morgan fingerprint density at radius 2 is 1.94 bits per heavy atom. The van der Waals surface area contributed by atoms with Crippen LogP contribution in [0.4, 0.5) is 0 Å². The van der Waals surface area contributed by atoms with Crippen LogP contribution in [-0.4, -0.2) is 26.0 Å². The molecule has 0 saturated heterocycles. The van der Waals surface area contributed by atoms with Crippen LogP contribution >= 0.6 is 0 Å². The molecule has 17 heavy (non-hydrogen) atoms. The van der Waals surface area contributed by atoms with Gasteiger partial charge in [-0.1, -0.05) is 33.8 Å². The fourth-order valence-electron chi connectivity index (χ4n) is 1.04. The smallest absolute Gasteiger partial charge is 0.327 e. The summed E-state index contributed by atoms with van der Waals surface area (Å²) in [6, 6.07) is 0. The normalized spacial score (nSPS) is 15.2. The molecule has 0 aliphatic rings. The molecule has 0 aliphatic heterocycles. The molecule has 0 aliphatic carbocycles. The van der Waals surface area contributed by atoms with Crippen LogP contribution in [0.25, 0.3) is 0 Å². The summed E-state index contributed by atoms with van der Waals surface area (Å²) in [5.41, 5.74) is 0. The molecule has 1 unspecified atom stereocenters. The van der Waals surface area contributed by atoms with Crippen molar-refractivity contribution in [3.8, 4) is 0 Å². The second-order valence-corrected chi connectivity index (χ2v) is 11.0. The van der Waals surface area contributed by atoms with Crippen molar-refractivity contribution in [1.29, 1.82) is 0 Å². The molecule has 1 atom stereocenters. The minimum absolute atomic E-state index is 0.226. The van der Waals surface area contributed by atoms with Crippen LogP contribution in [0.5, 0.6) is 0 Å². The van der Waals surface area contributed by atoms with E-state index in [0.717, 1.165) is 6.42 Å². The Labute approximate surface area is 106 Å². The highest BCUT2D eigenvalue weighted by molar-refractivity contribution is 6.74. The topological polar surface area (TPSA) is 46.5 Å². The SMILES string of the molecule is CC(CC=CC(=O)O)CO[Si](C)(C)C(C)(C)C. The second-order valence-electron chi connectivity index (χ2n) is 6.15. The van der Waals surface area contributed by atoms with Crippen molar-refractivity contribution in [2.24, 2.45) is 5.92 Å². The Hall–Kier alpha value is -0.613. The second kappa shape index (κ2) is 6.35. The van der Waals surface area contributed by atoms with Crippen molar-refractivity contribution < 1.29 is 14.3 Å². The maximum absolute atomic E-state index is 10.3. The first-order valence-electron chi connectivity index (χ1n) is 6.09. The van der Waals surface area contributed by atoms with Gasteiger partial charge in [0, 0.05) is 12.7 Å². The third kappa shape index (κ3) is 6.63. The van der Waals surface area contributed by atoms with Crippen molar-refractivity contribution in [2.45, 2.75) is 52.2 Å². The Morgan fingerprint density at radius 3 is 2.35 bits per heavy atom. The average Bonchev–Trinajstić information content (AvgIpc) is 2.12. The van der Waals surface area contributed by atoms with E-state index in [-0.39, 0.29) is 5.04 Å². The fraction of sp³-hybridized carbons (Fsp3) is 0.769. The number of carboxylic acids is 1. The Kier molecular flexibility index (Phi) is 6.13. The van der Waals surface area contributed by atoms with E-state index < -0.39 is 14.3 Å². The van der Waals surface area contributed by atoms with Gasteiger partial charge in [0.05, 0.1) is 0 Å². The quantitative estimate of drug-likeness (QED) is 0.584. The highest BCUT2D eigenvalue weighted by Crippen LogP contribution is 2.36. The molecular formula is C13H26O3Si. The van der Waals surface area contributed by atoms with Gasteiger partial charge >= 0.3 is 5.97 Å². The Bertz CT molecular complexity index is 277. The summed E-state index contributed by atoms with van der Waals surface area (Å²) in [7, 11) is -1.67. The Morgan fingerprint density at radius 1 is 1.41 bits per heavy atom. The lowest BCUT2D eigenvalue weighted by atomic mass is 10.1. The van der Waals surface area contributed by atoms with Crippen molar-refractivity contribution in [3.63, 3.8) is 0 Å². The molecule has 0 bridgehead atoms. The first-order chi connectivity index (χ1) is 7.56. The number of aliphatic carboxylic acids is 1. The molecule has 4 heteroatoms. The van der Waals surface area contributed by atoms with Gasteiger partial charge in [-0.3, -0.25) is 0 Å². The van der Waals surface area contributed by atoms with Crippen LogP contribution in [0, 0.1) is 5.92 Å². The third-order valence-electron chi connectivity index (χ3n) is 3.33. The maximum atomic E-state index is 10.3. The zero-order valence-corrected chi connectivity index (χ0v) is 12.9. The molecule has 0 aromatic rings. The first kappa shape index (κ1) is 16.4. The number of rotatable bonds is 6. The molecule has 0 spiro atoms. The van der Waals surface area contributed by atoms with E-state index in [9.17, 15) is 4.79 Å². The lowest BCUT2D eigenvalue weighted by molar-refractivity contribution is -0.131. The summed E-state index contributed by atoms with van der Waals surface area (Å²) in [4.78, 5) is 10.3. The summed E-state index contributed by atoms with van der Waals surface area (Å²) in [5, 5.41) is 8.71. The van der Waals surface area contributed by atoms with E-state index in [0.29, 0.717) is 12.5 Å². The Balaban J connectivity index is 4.08. The molecule has 0 amide bonds. The van der Waals surface area contributed by atoms with Crippen molar-refractivity contribution in [3.05, 3.63) is 12.2 Å². The van der Waals surface area contributed by atoms with E-state index in [1.165, 1.54) is 6.08 Å². The van der Waals surface area contributed by atoms with Gasteiger partial charge in [0.1, 0.15) is 0 Å². The molecule has 3 nitrogen and oxygen atoms in total. The molecule has 1 N–H and O–H groups in total. The van der Waals surface area contributed by atoms with Crippen LogP contribution < -0.4 is 0 Å². The first-order valence-corrected chi connectivity index (χ1v) is 9.00. The van der Waals surface area contributed by atoms with Crippen molar-refractivity contribution in [1.82, 2.24) is 0 Å². The monoisotopic (exact) mass is 258 g/mol. The molecule has 0 heterocycles. The van der Waals surface area contributed by atoms with E-state index in [1.54, 1.807) is 6.08 Å². The number of allylic oxidation sites excluding steroid dienone is 1. The van der Waals surface area contributed by atoms with Gasteiger partial charge in [0.2, 0.25) is 0 Å². The van der Waals surface area contributed by atoms with Crippen LogP contribution in [0.15, 0.2) is 12.2 Å². The van der Waals surface area contributed by atoms with E-state index >= 15 is 0 Å². The van der Waals surface area contributed by atoms with Gasteiger partial charge in [-0.25, -0.2) is 4.79 Å². The molecule has 0 saturated carbocycles. The number of hydrogen-bond donors (Lipinski definition) is 1. The van der Waals surface area contributed by atoms with Gasteiger partial charge in [-0.2, -0.15) is 0 Å². The van der Waals surface area contributed by atoms with Crippen molar-refractivity contribution >= 4 is 14.3 Å². The molecule has 0 fully saturated rings. The number of carboxylic acid groups (broad SMARTS) is 1. The lowest BCUT2D eigenvalue weighted by Gasteiger charge is -2.36. The minimum Gasteiger partial charge on any atom is -0.478 e. The summed E-state index contributed by atoms with van der Waals surface area (Å²) in [5.74, 6) is -0.526. The minimum atomic E-state index is -1.67. The van der Waals surface area contributed by atoms with Gasteiger partial charge in [-0.05, 0) is 30.5 Å². The average molecular weight is 258 g/mol. The van der Waals surface area contributed by atoms with Gasteiger partial charge in [0.15, 0.2) is 8.32 Å². The third-order valence-corrected chi connectivity index (χ3v) is 7.83. The lowest BCUT2D eigenvalue weighted by Crippen LogP contribution is -2.41. The summed E-state index contributed by atoms with van der Waals surface area (Å²) in [6.45, 7) is 13.9. The fourth-order valence-corrected chi connectivity index (χ4v) is 2.17. The summed E-state index contributed by atoms with van der Waals surface area (Å²) < 4.78 is 6.07. The highest BCUT2D eigenvalue weighted by Gasteiger charge is 2.37. The standard InChI is InChI=1S/C13H26O3Si/c1-11(8-7-9-12(14)15)10-16-17(5,6)13(2,3)4/h7,9,11H,8,10H2,1-6H3,(H,14,15). The van der Waals surface area contributed by atoms with E-state index in [1.807, 2.05) is 0 Å². The zero-order chi connectivity index (χ0) is 13.7. The van der Waals surface area contributed by atoms with Crippen LogP contribution in [0.1, 0.15) is 34.1 Å². The molecule has 0 aromatic heterocycles. The van der Waals surface area contributed by atoms with E-state index in [2.05, 4.69) is 40.8 Å². The van der Waals surface area contributed by atoms with Crippen LogP contribution in [-0.2, 0) is 9.22 Å². The molecule has 0 rings (SSSR count). The number of hydrogen-bond acceptors (Lipinski definition) is 2. The molecule has 0 radical (unpaired) electrons. The van der Waals surface area contributed by atoms with Gasteiger partial charge < -0.3 is 9.53 Å². The summed E-state index contributed by atoms with van der Waals surface area (Å²) >= 11 is 0. The number of carbonyl (C=O) groups is 1. The van der Waals surface area contributed by atoms with Crippen LogP contribution in [0.3, 0.4) is 0 Å².